The fourth-order valence-corrected chi connectivity index (χ4v) is 3.39. The summed E-state index contributed by atoms with van der Waals surface area (Å²) in [6.45, 7) is 9.69. The molecule has 0 N–H and O–H groups in total. The van der Waals surface area contributed by atoms with Gasteiger partial charge in [0.05, 0.1) is 24.9 Å². The number of esters is 2. The highest BCUT2D eigenvalue weighted by molar-refractivity contribution is 7.20. The van der Waals surface area contributed by atoms with Gasteiger partial charge in [-0.05, 0) is 31.7 Å². The lowest BCUT2D eigenvalue weighted by atomic mass is 10.2. The third-order valence-electron chi connectivity index (χ3n) is 3.82. The SMILES string of the molecule is CCCOC(=O)[C@@H](C)n1cnc2sc(C(=O)OCC(C)C)c(C)c2c1=O. The average molecular weight is 380 g/mol. The zero-order chi connectivity index (χ0) is 19.4. The van der Waals surface area contributed by atoms with Crippen LogP contribution in [0, 0.1) is 12.8 Å². The molecule has 0 saturated carbocycles. The Hall–Kier alpha value is -2.22. The summed E-state index contributed by atoms with van der Waals surface area (Å²) in [7, 11) is 0. The predicted molar refractivity (Wildman–Crippen MR) is 99.7 cm³/mol. The molecular weight excluding hydrogens is 356 g/mol. The van der Waals surface area contributed by atoms with Crippen LogP contribution in [-0.4, -0.2) is 34.7 Å². The molecule has 2 rings (SSSR count). The number of carbonyl (C=O) groups excluding carboxylic acids is 2. The molecule has 8 heteroatoms. The lowest BCUT2D eigenvalue weighted by Crippen LogP contribution is -2.29. The largest absolute Gasteiger partial charge is 0.464 e. The minimum absolute atomic E-state index is 0.221. The summed E-state index contributed by atoms with van der Waals surface area (Å²) in [6.07, 6.45) is 2.03. The van der Waals surface area contributed by atoms with Crippen molar-refractivity contribution in [2.75, 3.05) is 13.2 Å². The van der Waals surface area contributed by atoms with Crippen molar-refractivity contribution in [3.8, 4) is 0 Å². The van der Waals surface area contributed by atoms with E-state index in [0.29, 0.717) is 40.3 Å². The summed E-state index contributed by atoms with van der Waals surface area (Å²) in [5.74, 6) is -0.723. The Kier molecular flexibility index (Phi) is 6.52. The molecule has 0 saturated heterocycles. The first-order valence-corrected chi connectivity index (χ1v) is 9.43. The van der Waals surface area contributed by atoms with Gasteiger partial charge in [0.15, 0.2) is 0 Å². The molecule has 0 spiro atoms. The number of carbonyl (C=O) groups is 2. The monoisotopic (exact) mass is 380 g/mol. The van der Waals surface area contributed by atoms with E-state index in [-0.39, 0.29) is 11.5 Å². The Morgan fingerprint density at radius 3 is 2.58 bits per heavy atom. The molecule has 0 aliphatic heterocycles. The number of fused-ring (bicyclic) bond motifs is 1. The second-order valence-corrected chi connectivity index (χ2v) is 7.53. The maximum absolute atomic E-state index is 12.8. The normalized spacial score (nSPS) is 12.4. The number of thiophene rings is 1. The van der Waals surface area contributed by atoms with E-state index in [1.165, 1.54) is 10.9 Å². The van der Waals surface area contributed by atoms with Crippen molar-refractivity contribution in [1.82, 2.24) is 9.55 Å². The molecule has 0 aromatic carbocycles. The summed E-state index contributed by atoms with van der Waals surface area (Å²) in [6, 6.07) is -0.790. The first-order chi connectivity index (χ1) is 12.3. The zero-order valence-corrected chi connectivity index (χ0v) is 16.5. The van der Waals surface area contributed by atoms with Crippen LogP contribution in [0.4, 0.5) is 0 Å². The summed E-state index contributed by atoms with van der Waals surface area (Å²) >= 11 is 1.13. The van der Waals surface area contributed by atoms with Crippen molar-refractivity contribution in [1.29, 1.82) is 0 Å². The Morgan fingerprint density at radius 2 is 1.96 bits per heavy atom. The van der Waals surface area contributed by atoms with Gasteiger partial charge in [-0.2, -0.15) is 0 Å². The van der Waals surface area contributed by atoms with Gasteiger partial charge in [-0.3, -0.25) is 9.36 Å². The second-order valence-electron chi connectivity index (χ2n) is 6.53. The molecule has 0 unspecified atom stereocenters. The highest BCUT2D eigenvalue weighted by Crippen LogP contribution is 2.28. The Balaban J connectivity index is 2.39. The maximum Gasteiger partial charge on any atom is 0.348 e. The number of aromatic nitrogens is 2. The van der Waals surface area contributed by atoms with Gasteiger partial charge in [0.25, 0.3) is 5.56 Å². The molecule has 7 nitrogen and oxygen atoms in total. The number of ether oxygens (including phenoxy) is 2. The fraction of sp³-hybridized carbons (Fsp3) is 0.556. The Bertz CT molecular complexity index is 868. The van der Waals surface area contributed by atoms with Crippen LogP contribution in [-0.2, 0) is 14.3 Å². The van der Waals surface area contributed by atoms with Gasteiger partial charge in [-0.1, -0.05) is 20.8 Å². The molecule has 2 aromatic rings. The van der Waals surface area contributed by atoms with Crippen molar-refractivity contribution in [2.45, 2.75) is 47.1 Å². The van der Waals surface area contributed by atoms with Crippen molar-refractivity contribution in [2.24, 2.45) is 5.92 Å². The lowest BCUT2D eigenvalue weighted by molar-refractivity contribution is -0.147. The molecule has 0 fully saturated rings. The van der Waals surface area contributed by atoms with Crippen LogP contribution in [0.1, 0.15) is 55.4 Å². The summed E-state index contributed by atoms with van der Waals surface area (Å²) in [5, 5.41) is 0.337. The van der Waals surface area contributed by atoms with Crippen LogP contribution in [0.15, 0.2) is 11.1 Å². The Morgan fingerprint density at radius 1 is 1.27 bits per heavy atom. The van der Waals surface area contributed by atoms with Gasteiger partial charge < -0.3 is 9.47 Å². The molecule has 26 heavy (non-hydrogen) atoms. The highest BCUT2D eigenvalue weighted by atomic mass is 32.1. The van der Waals surface area contributed by atoms with Crippen LogP contribution in [0.3, 0.4) is 0 Å². The molecule has 1 atom stereocenters. The van der Waals surface area contributed by atoms with Crippen LogP contribution < -0.4 is 5.56 Å². The summed E-state index contributed by atoms with van der Waals surface area (Å²) < 4.78 is 11.6. The number of hydrogen-bond donors (Lipinski definition) is 0. The van der Waals surface area contributed by atoms with E-state index in [1.807, 2.05) is 20.8 Å². The van der Waals surface area contributed by atoms with Crippen molar-refractivity contribution in [3.63, 3.8) is 0 Å². The van der Waals surface area contributed by atoms with Gasteiger partial charge in [-0.25, -0.2) is 14.6 Å². The van der Waals surface area contributed by atoms with E-state index in [4.69, 9.17) is 9.47 Å². The fourth-order valence-electron chi connectivity index (χ4n) is 2.35. The summed E-state index contributed by atoms with van der Waals surface area (Å²) in [4.78, 5) is 42.2. The standard InChI is InChI=1S/C18H24N2O5S/c1-6-7-24-17(22)12(5)20-9-19-15-13(16(20)21)11(4)14(26-15)18(23)25-8-10(2)3/h9-10,12H,6-8H2,1-5H3/t12-/m1/s1. The van der Waals surface area contributed by atoms with E-state index < -0.39 is 18.0 Å². The van der Waals surface area contributed by atoms with Crippen LogP contribution in [0.5, 0.6) is 0 Å². The van der Waals surface area contributed by atoms with Gasteiger partial charge in [0.1, 0.15) is 15.7 Å². The van der Waals surface area contributed by atoms with Crippen molar-refractivity contribution in [3.05, 3.63) is 27.1 Å². The lowest BCUT2D eigenvalue weighted by Gasteiger charge is -2.13. The molecule has 0 aliphatic rings. The van der Waals surface area contributed by atoms with E-state index in [0.717, 1.165) is 11.3 Å². The van der Waals surface area contributed by atoms with Gasteiger partial charge >= 0.3 is 11.9 Å². The maximum atomic E-state index is 12.8. The Labute approximate surface area is 155 Å². The number of rotatable bonds is 7. The van der Waals surface area contributed by atoms with Crippen LogP contribution in [0.2, 0.25) is 0 Å². The summed E-state index contributed by atoms with van der Waals surface area (Å²) in [5.41, 5.74) is 0.160. The topological polar surface area (TPSA) is 87.5 Å². The average Bonchev–Trinajstić information content (AvgIpc) is 2.94. The molecule has 0 bridgehead atoms. The highest BCUT2D eigenvalue weighted by Gasteiger charge is 2.24. The molecule has 0 amide bonds. The third-order valence-corrected chi connectivity index (χ3v) is 5.00. The van der Waals surface area contributed by atoms with E-state index in [2.05, 4.69) is 4.98 Å². The first kappa shape index (κ1) is 20.1. The van der Waals surface area contributed by atoms with Crippen LogP contribution >= 0.6 is 11.3 Å². The van der Waals surface area contributed by atoms with Crippen molar-refractivity contribution < 1.29 is 19.1 Å². The number of hydrogen-bond acceptors (Lipinski definition) is 7. The van der Waals surface area contributed by atoms with Gasteiger partial charge in [0.2, 0.25) is 0 Å². The van der Waals surface area contributed by atoms with E-state index in [1.54, 1.807) is 13.8 Å². The van der Waals surface area contributed by atoms with Crippen LogP contribution in [0.25, 0.3) is 10.2 Å². The number of aryl methyl sites for hydroxylation is 1. The predicted octanol–water partition coefficient (Wildman–Crippen LogP) is 3.09. The zero-order valence-electron chi connectivity index (χ0n) is 15.7. The molecular formula is C18H24N2O5S. The van der Waals surface area contributed by atoms with Crippen molar-refractivity contribution >= 4 is 33.5 Å². The minimum atomic E-state index is -0.790. The number of nitrogens with zero attached hydrogens (tertiary/aromatic N) is 2. The second kappa shape index (κ2) is 8.44. The molecule has 0 aliphatic carbocycles. The van der Waals surface area contributed by atoms with E-state index >= 15 is 0 Å². The molecule has 2 aromatic heterocycles. The van der Waals surface area contributed by atoms with Gasteiger partial charge in [0, 0.05) is 0 Å². The van der Waals surface area contributed by atoms with Gasteiger partial charge in [-0.15, -0.1) is 11.3 Å². The quantitative estimate of drug-likeness (QED) is 0.686. The minimum Gasteiger partial charge on any atom is -0.464 e. The third kappa shape index (κ3) is 4.12. The first-order valence-electron chi connectivity index (χ1n) is 8.61. The smallest absolute Gasteiger partial charge is 0.348 e. The molecule has 2 heterocycles. The molecule has 0 radical (unpaired) electrons. The molecule has 142 valence electrons. The van der Waals surface area contributed by atoms with E-state index in [9.17, 15) is 14.4 Å².